The van der Waals surface area contributed by atoms with Gasteiger partial charge >= 0.3 is 0 Å². The van der Waals surface area contributed by atoms with Gasteiger partial charge in [-0.15, -0.1) is 0 Å². The zero-order chi connectivity index (χ0) is 15.3. The lowest BCUT2D eigenvalue weighted by atomic mass is 10.0. The maximum absolute atomic E-state index is 12.1. The van der Waals surface area contributed by atoms with Crippen LogP contribution in [0.1, 0.15) is 32.0 Å². The van der Waals surface area contributed by atoms with Gasteiger partial charge in [-0.2, -0.15) is 0 Å². The number of aromatic amines is 1. The third-order valence-electron chi connectivity index (χ3n) is 3.88. The first-order chi connectivity index (χ1) is 10.1. The van der Waals surface area contributed by atoms with Gasteiger partial charge in [0.25, 0.3) is 10.0 Å². The number of H-pyrrole nitrogens is 1. The molecule has 0 saturated carbocycles. The van der Waals surface area contributed by atoms with Crippen LogP contribution >= 0.6 is 0 Å². The Kier molecular flexibility index (Phi) is 5.74. The van der Waals surface area contributed by atoms with E-state index in [0.29, 0.717) is 25.3 Å². The van der Waals surface area contributed by atoms with Crippen LogP contribution in [0.25, 0.3) is 0 Å². The molecule has 7 nitrogen and oxygen atoms in total. The van der Waals surface area contributed by atoms with E-state index in [1.165, 1.54) is 6.20 Å². The molecule has 8 heteroatoms. The van der Waals surface area contributed by atoms with Crippen molar-refractivity contribution < 1.29 is 13.5 Å². The summed E-state index contributed by atoms with van der Waals surface area (Å²) in [6, 6.07) is 0.155. The van der Waals surface area contributed by atoms with Crippen molar-refractivity contribution in [3.05, 3.63) is 12.0 Å². The van der Waals surface area contributed by atoms with Gasteiger partial charge in [0.05, 0.1) is 12.8 Å². The van der Waals surface area contributed by atoms with Gasteiger partial charge in [0, 0.05) is 25.6 Å². The SMILES string of the molecule is CCc1ncc(S(=O)(=O)NCCN2CCCCC2CO)[nH]1. The first-order valence-electron chi connectivity index (χ1n) is 7.45. The predicted molar refractivity (Wildman–Crippen MR) is 79.5 cm³/mol. The zero-order valence-corrected chi connectivity index (χ0v) is 13.2. The van der Waals surface area contributed by atoms with E-state index in [4.69, 9.17) is 0 Å². The third kappa shape index (κ3) is 4.26. The molecule has 2 rings (SSSR count). The van der Waals surface area contributed by atoms with Gasteiger partial charge in [0.1, 0.15) is 5.82 Å². The van der Waals surface area contributed by atoms with Crippen molar-refractivity contribution in [3.8, 4) is 0 Å². The number of nitrogens with one attached hydrogen (secondary N) is 2. The highest BCUT2D eigenvalue weighted by Gasteiger charge is 2.22. The maximum Gasteiger partial charge on any atom is 0.257 e. The van der Waals surface area contributed by atoms with Gasteiger partial charge in [0.2, 0.25) is 0 Å². The van der Waals surface area contributed by atoms with E-state index in [1.54, 1.807) is 0 Å². The molecule has 0 amide bonds. The number of imidazole rings is 1. The van der Waals surface area contributed by atoms with Crippen LogP contribution < -0.4 is 4.72 Å². The number of aliphatic hydroxyl groups excluding tert-OH is 1. The van der Waals surface area contributed by atoms with Crippen LogP contribution in [-0.4, -0.2) is 60.7 Å². The van der Waals surface area contributed by atoms with E-state index in [0.717, 1.165) is 25.8 Å². The fraction of sp³-hybridized carbons (Fsp3) is 0.769. The number of aryl methyl sites for hydroxylation is 1. The molecule has 0 spiro atoms. The van der Waals surface area contributed by atoms with Gasteiger partial charge < -0.3 is 10.1 Å². The number of aliphatic hydroxyl groups is 1. The zero-order valence-electron chi connectivity index (χ0n) is 12.4. The number of nitrogens with zero attached hydrogens (tertiary/aromatic N) is 2. The Bertz CT molecular complexity index is 543. The molecule has 1 aliphatic rings. The average molecular weight is 316 g/mol. The van der Waals surface area contributed by atoms with Crippen LogP contribution in [0.2, 0.25) is 0 Å². The van der Waals surface area contributed by atoms with Gasteiger partial charge in [-0.3, -0.25) is 4.90 Å². The number of hydrogen-bond acceptors (Lipinski definition) is 5. The summed E-state index contributed by atoms with van der Waals surface area (Å²) in [4.78, 5) is 8.95. The molecule has 1 aromatic heterocycles. The highest BCUT2D eigenvalue weighted by atomic mass is 32.2. The minimum Gasteiger partial charge on any atom is -0.395 e. The van der Waals surface area contributed by atoms with Crippen molar-refractivity contribution in [2.45, 2.75) is 43.7 Å². The largest absolute Gasteiger partial charge is 0.395 e. The fourth-order valence-electron chi connectivity index (χ4n) is 2.62. The molecule has 0 radical (unpaired) electrons. The Hall–Kier alpha value is -0.960. The molecule has 1 fully saturated rings. The molecule has 0 aromatic carbocycles. The summed E-state index contributed by atoms with van der Waals surface area (Å²) in [6.45, 7) is 3.90. The molecule has 3 N–H and O–H groups in total. The van der Waals surface area contributed by atoms with Gasteiger partial charge in [0.15, 0.2) is 5.03 Å². The van der Waals surface area contributed by atoms with Crippen molar-refractivity contribution in [2.75, 3.05) is 26.2 Å². The molecule has 1 aromatic rings. The fourth-order valence-corrected chi connectivity index (χ4v) is 3.58. The van der Waals surface area contributed by atoms with E-state index in [9.17, 15) is 13.5 Å². The second-order valence-electron chi connectivity index (χ2n) is 5.31. The Balaban J connectivity index is 1.86. The summed E-state index contributed by atoms with van der Waals surface area (Å²) in [5.74, 6) is 0.659. The summed E-state index contributed by atoms with van der Waals surface area (Å²) >= 11 is 0. The van der Waals surface area contributed by atoms with Crippen molar-refractivity contribution in [3.63, 3.8) is 0 Å². The molecule has 0 bridgehead atoms. The number of likely N-dealkylation sites (tertiary alicyclic amines) is 1. The lowest BCUT2D eigenvalue weighted by Crippen LogP contribution is -2.45. The van der Waals surface area contributed by atoms with Crippen LogP contribution in [0.15, 0.2) is 11.2 Å². The molecule has 1 atom stereocenters. The highest BCUT2D eigenvalue weighted by Crippen LogP contribution is 2.15. The van der Waals surface area contributed by atoms with Crippen molar-refractivity contribution >= 4 is 10.0 Å². The summed E-state index contributed by atoms with van der Waals surface area (Å²) in [7, 11) is -3.53. The number of sulfonamides is 1. The Morgan fingerprint density at radius 3 is 3.00 bits per heavy atom. The van der Waals surface area contributed by atoms with E-state index in [-0.39, 0.29) is 17.7 Å². The van der Waals surface area contributed by atoms with Crippen molar-refractivity contribution in [1.29, 1.82) is 0 Å². The first-order valence-corrected chi connectivity index (χ1v) is 8.93. The molecule has 1 unspecified atom stereocenters. The van der Waals surface area contributed by atoms with E-state index < -0.39 is 10.0 Å². The van der Waals surface area contributed by atoms with Gasteiger partial charge in [-0.05, 0) is 19.4 Å². The maximum atomic E-state index is 12.1. The monoisotopic (exact) mass is 316 g/mol. The van der Waals surface area contributed by atoms with Crippen LogP contribution in [0.3, 0.4) is 0 Å². The third-order valence-corrected chi connectivity index (χ3v) is 5.25. The molecule has 2 heterocycles. The second-order valence-corrected chi connectivity index (χ2v) is 7.05. The summed E-state index contributed by atoms with van der Waals surface area (Å²) < 4.78 is 26.8. The van der Waals surface area contributed by atoms with Crippen LogP contribution in [-0.2, 0) is 16.4 Å². The quantitative estimate of drug-likeness (QED) is 0.662. The molecule has 1 aliphatic heterocycles. The topological polar surface area (TPSA) is 98.3 Å². The molecular formula is C13H24N4O3S. The van der Waals surface area contributed by atoms with Crippen molar-refractivity contribution in [2.24, 2.45) is 0 Å². The minimum absolute atomic E-state index is 0.108. The normalized spacial score (nSPS) is 20.8. The number of piperidine rings is 1. The molecule has 0 aliphatic carbocycles. The lowest BCUT2D eigenvalue weighted by molar-refractivity contribution is 0.0923. The smallest absolute Gasteiger partial charge is 0.257 e. The number of rotatable bonds is 7. The summed E-state index contributed by atoms with van der Waals surface area (Å²) in [6.07, 6.45) is 5.22. The number of hydrogen-bond donors (Lipinski definition) is 3. The predicted octanol–water partition coefficient (Wildman–Crippen LogP) is 0.0972. The highest BCUT2D eigenvalue weighted by molar-refractivity contribution is 7.89. The molecule has 120 valence electrons. The molecular weight excluding hydrogens is 292 g/mol. The summed E-state index contributed by atoms with van der Waals surface area (Å²) in [5.41, 5.74) is 0. The Morgan fingerprint density at radius 2 is 2.33 bits per heavy atom. The standard InChI is InChI=1S/C13H24N4O3S/c1-2-12-14-9-13(16-12)21(19,20)15-6-8-17-7-4-3-5-11(17)10-18/h9,11,15,18H,2-8,10H2,1H3,(H,14,16). The van der Waals surface area contributed by atoms with Crippen LogP contribution in [0, 0.1) is 0 Å². The minimum atomic E-state index is -3.53. The Morgan fingerprint density at radius 1 is 1.52 bits per heavy atom. The van der Waals surface area contributed by atoms with E-state index >= 15 is 0 Å². The van der Waals surface area contributed by atoms with Crippen LogP contribution in [0.5, 0.6) is 0 Å². The van der Waals surface area contributed by atoms with Gasteiger partial charge in [-0.25, -0.2) is 18.1 Å². The average Bonchev–Trinajstić information content (AvgIpc) is 2.97. The summed E-state index contributed by atoms with van der Waals surface area (Å²) in [5, 5.41) is 9.44. The lowest BCUT2D eigenvalue weighted by Gasteiger charge is -2.34. The Labute approximate surface area is 125 Å². The molecule has 1 saturated heterocycles. The van der Waals surface area contributed by atoms with E-state index in [1.807, 2.05) is 6.92 Å². The van der Waals surface area contributed by atoms with E-state index in [2.05, 4.69) is 19.6 Å². The molecule has 21 heavy (non-hydrogen) atoms. The second kappa shape index (κ2) is 7.35. The van der Waals surface area contributed by atoms with Crippen molar-refractivity contribution in [1.82, 2.24) is 19.6 Å². The first kappa shape index (κ1) is 16.4. The van der Waals surface area contributed by atoms with Gasteiger partial charge in [-0.1, -0.05) is 13.3 Å². The van der Waals surface area contributed by atoms with Crippen LogP contribution in [0.4, 0.5) is 0 Å². The number of aromatic nitrogens is 2.